The highest BCUT2D eigenvalue weighted by molar-refractivity contribution is 5.94. The van der Waals surface area contributed by atoms with Gasteiger partial charge in [-0.3, -0.25) is 4.79 Å². The molecule has 0 bridgehead atoms. The minimum Gasteiger partial charge on any atom is -0.394 e. The Morgan fingerprint density at radius 3 is 2.81 bits per heavy atom. The van der Waals surface area contributed by atoms with E-state index in [1.54, 1.807) is 13.0 Å². The van der Waals surface area contributed by atoms with E-state index in [4.69, 9.17) is 5.11 Å². The second-order valence-electron chi connectivity index (χ2n) is 3.74. The maximum Gasteiger partial charge on any atom is 0.254 e. The molecule has 1 rings (SSSR count). The quantitative estimate of drug-likeness (QED) is 0.818. The van der Waals surface area contributed by atoms with Gasteiger partial charge in [-0.2, -0.15) is 0 Å². The Balaban J connectivity index is 2.83. The van der Waals surface area contributed by atoms with Gasteiger partial charge in [-0.05, 0) is 25.5 Å². The van der Waals surface area contributed by atoms with E-state index in [9.17, 15) is 9.18 Å². The Morgan fingerprint density at radius 2 is 2.25 bits per heavy atom. The SMILES string of the molecule is CC[C@H](CO)NC(=O)c1cc(C)ccc1F. The first-order valence-corrected chi connectivity index (χ1v) is 5.26. The molecule has 1 amide bonds. The predicted octanol–water partition coefficient (Wildman–Crippen LogP) is 1.63. The summed E-state index contributed by atoms with van der Waals surface area (Å²) in [5.74, 6) is -1.03. The number of nitrogens with one attached hydrogen (secondary N) is 1. The molecule has 88 valence electrons. The van der Waals surface area contributed by atoms with Crippen LogP contribution in [0.3, 0.4) is 0 Å². The van der Waals surface area contributed by atoms with E-state index in [2.05, 4.69) is 5.32 Å². The molecule has 0 spiro atoms. The summed E-state index contributed by atoms with van der Waals surface area (Å²) in [6.07, 6.45) is 0.607. The van der Waals surface area contributed by atoms with Crippen LogP contribution in [0.1, 0.15) is 29.3 Å². The van der Waals surface area contributed by atoms with Crippen LogP contribution in [0.25, 0.3) is 0 Å². The standard InChI is InChI=1S/C12H16FNO2/c1-3-9(7-15)14-12(16)10-6-8(2)4-5-11(10)13/h4-6,9,15H,3,7H2,1-2H3,(H,14,16)/t9-/m1/s1. The molecule has 0 fully saturated rings. The lowest BCUT2D eigenvalue weighted by molar-refractivity contribution is 0.0910. The number of halogens is 1. The third-order valence-electron chi connectivity index (χ3n) is 2.41. The van der Waals surface area contributed by atoms with Gasteiger partial charge >= 0.3 is 0 Å². The van der Waals surface area contributed by atoms with Gasteiger partial charge in [0.25, 0.3) is 5.91 Å². The number of rotatable bonds is 4. The second-order valence-corrected chi connectivity index (χ2v) is 3.74. The minimum atomic E-state index is -0.545. The van der Waals surface area contributed by atoms with Crippen LogP contribution in [0.2, 0.25) is 0 Å². The van der Waals surface area contributed by atoms with E-state index in [0.717, 1.165) is 5.56 Å². The molecule has 0 saturated heterocycles. The third-order valence-corrected chi connectivity index (χ3v) is 2.41. The van der Waals surface area contributed by atoms with Crippen molar-refractivity contribution in [2.75, 3.05) is 6.61 Å². The van der Waals surface area contributed by atoms with Crippen molar-refractivity contribution in [1.82, 2.24) is 5.32 Å². The largest absolute Gasteiger partial charge is 0.394 e. The zero-order valence-corrected chi connectivity index (χ0v) is 9.46. The molecule has 0 aromatic heterocycles. The molecule has 1 aromatic rings. The maximum absolute atomic E-state index is 13.4. The van der Waals surface area contributed by atoms with Gasteiger partial charge in [-0.15, -0.1) is 0 Å². The second kappa shape index (κ2) is 5.61. The van der Waals surface area contributed by atoms with Crippen molar-refractivity contribution in [3.63, 3.8) is 0 Å². The molecule has 0 aliphatic rings. The fourth-order valence-corrected chi connectivity index (χ4v) is 1.35. The van der Waals surface area contributed by atoms with Crippen LogP contribution in [0.4, 0.5) is 4.39 Å². The van der Waals surface area contributed by atoms with Crippen LogP contribution in [0, 0.1) is 12.7 Å². The summed E-state index contributed by atoms with van der Waals surface area (Å²) in [7, 11) is 0. The molecule has 1 aromatic carbocycles. The van der Waals surface area contributed by atoms with Gasteiger partial charge < -0.3 is 10.4 Å². The molecule has 0 radical (unpaired) electrons. The van der Waals surface area contributed by atoms with Crippen LogP contribution < -0.4 is 5.32 Å². The van der Waals surface area contributed by atoms with Gasteiger partial charge in [0.15, 0.2) is 0 Å². The zero-order valence-electron chi connectivity index (χ0n) is 9.46. The molecule has 0 heterocycles. The normalized spacial score (nSPS) is 12.2. The minimum absolute atomic E-state index is 0.0203. The number of carbonyl (C=O) groups is 1. The molecule has 0 saturated carbocycles. The molecular weight excluding hydrogens is 209 g/mol. The van der Waals surface area contributed by atoms with Crippen molar-refractivity contribution in [2.24, 2.45) is 0 Å². The highest BCUT2D eigenvalue weighted by atomic mass is 19.1. The van der Waals surface area contributed by atoms with E-state index < -0.39 is 11.7 Å². The first-order chi connectivity index (χ1) is 7.58. The monoisotopic (exact) mass is 225 g/mol. The van der Waals surface area contributed by atoms with Crippen LogP contribution in [0.15, 0.2) is 18.2 Å². The predicted molar refractivity (Wildman–Crippen MR) is 59.8 cm³/mol. The van der Waals surface area contributed by atoms with Gasteiger partial charge in [-0.25, -0.2) is 4.39 Å². The molecule has 0 aliphatic heterocycles. The highest BCUT2D eigenvalue weighted by Gasteiger charge is 2.14. The van der Waals surface area contributed by atoms with Crippen molar-refractivity contribution in [3.05, 3.63) is 35.1 Å². The van der Waals surface area contributed by atoms with Crippen molar-refractivity contribution < 1.29 is 14.3 Å². The molecular formula is C12H16FNO2. The molecule has 4 heteroatoms. The highest BCUT2D eigenvalue weighted by Crippen LogP contribution is 2.10. The summed E-state index contributed by atoms with van der Waals surface area (Å²) in [6, 6.07) is 4.04. The van der Waals surface area contributed by atoms with Gasteiger partial charge in [0.2, 0.25) is 0 Å². The lowest BCUT2D eigenvalue weighted by Gasteiger charge is -2.14. The molecule has 0 aliphatic carbocycles. The Labute approximate surface area is 94.3 Å². The number of aryl methyl sites for hydroxylation is 1. The smallest absolute Gasteiger partial charge is 0.254 e. The first kappa shape index (κ1) is 12.6. The van der Waals surface area contributed by atoms with E-state index in [0.29, 0.717) is 6.42 Å². The fourth-order valence-electron chi connectivity index (χ4n) is 1.35. The lowest BCUT2D eigenvalue weighted by atomic mass is 10.1. The van der Waals surface area contributed by atoms with Crippen molar-refractivity contribution in [2.45, 2.75) is 26.3 Å². The summed E-state index contributed by atoms with van der Waals surface area (Å²) in [6.45, 7) is 3.49. The zero-order chi connectivity index (χ0) is 12.1. The number of amides is 1. The molecule has 1 atom stereocenters. The summed E-state index contributed by atoms with van der Waals surface area (Å²) in [4.78, 5) is 11.7. The van der Waals surface area contributed by atoms with Crippen LogP contribution in [-0.2, 0) is 0 Å². The number of aliphatic hydroxyl groups excluding tert-OH is 1. The molecule has 16 heavy (non-hydrogen) atoms. The number of carbonyl (C=O) groups excluding carboxylic acids is 1. The Bertz CT molecular complexity index is 375. The number of benzene rings is 1. The maximum atomic E-state index is 13.4. The Hall–Kier alpha value is -1.42. The molecule has 3 nitrogen and oxygen atoms in total. The number of hydrogen-bond donors (Lipinski definition) is 2. The summed E-state index contributed by atoms with van der Waals surface area (Å²) < 4.78 is 13.4. The van der Waals surface area contributed by atoms with Crippen LogP contribution >= 0.6 is 0 Å². The Kier molecular flexibility index (Phi) is 4.43. The van der Waals surface area contributed by atoms with Gasteiger partial charge in [0.05, 0.1) is 18.2 Å². The van der Waals surface area contributed by atoms with Gasteiger partial charge in [-0.1, -0.05) is 18.6 Å². The fraction of sp³-hybridized carbons (Fsp3) is 0.417. The van der Waals surface area contributed by atoms with Crippen LogP contribution in [-0.4, -0.2) is 23.7 Å². The van der Waals surface area contributed by atoms with E-state index >= 15 is 0 Å². The van der Waals surface area contributed by atoms with E-state index in [1.807, 2.05) is 6.92 Å². The topological polar surface area (TPSA) is 49.3 Å². The summed E-state index contributed by atoms with van der Waals surface area (Å²) >= 11 is 0. The first-order valence-electron chi connectivity index (χ1n) is 5.26. The van der Waals surface area contributed by atoms with Crippen molar-refractivity contribution >= 4 is 5.91 Å². The number of aliphatic hydroxyl groups is 1. The van der Waals surface area contributed by atoms with Gasteiger partial charge in [0.1, 0.15) is 5.82 Å². The van der Waals surface area contributed by atoms with Crippen molar-refractivity contribution in [1.29, 1.82) is 0 Å². The average molecular weight is 225 g/mol. The van der Waals surface area contributed by atoms with Gasteiger partial charge in [0, 0.05) is 0 Å². The Morgan fingerprint density at radius 1 is 1.56 bits per heavy atom. The van der Waals surface area contributed by atoms with E-state index in [-0.39, 0.29) is 18.2 Å². The summed E-state index contributed by atoms with van der Waals surface area (Å²) in [5, 5.41) is 11.5. The van der Waals surface area contributed by atoms with Crippen molar-refractivity contribution in [3.8, 4) is 0 Å². The van der Waals surface area contributed by atoms with E-state index in [1.165, 1.54) is 12.1 Å². The molecule has 2 N–H and O–H groups in total. The third kappa shape index (κ3) is 3.03. The molecule has 0 unspecified atom stereocenters. The lowest BCUT2D eigenvalue weighted by Crippen LogP contribution is -2.37. The van der Waals surface area contributed by atoms with Crippen LogP contribution in [0.5, 0.6) is 0 Å². The average Bonchev–Trinajstić information content (AvgIpc) is 2.28. The number of hydrogen-bond acceptors (Lipinski definition) is 2. The summed E-state index contributed by atoms with van der Waals surface area (Å²) in [5.41, 5.74) is 0.843.